The summed E-state index contributed by atoms with van der Waals surface area (Å²) < 4.78 is 0. The third kappa shape index (κ3) is 10.1. The van der Waals surface area contributed by atoms with Crippen molar-refractivity contribution in [1.82, 2.24) is 0 Å². The van der Waals surface area contributed by atoms with Crippen molar-refractivity contribution in [1.29, 1.82) is 0 Å². The molecule has 0 aliphatic carbocycles. The number of hydrogen-bond acceptors (Lipinski definition) is 0. The van der Waals surface area contributed by atoms with Crippen LogP contribution in [0.2, 0.25) is 0 Å². The van der Waals surface area contributed by atoms with E-state index in [1.807, 2.05) is 12.2 Å². The zero-order valence-corrected chi connectivity index (χ0v) is 13.7. The van der Waals surface area contributed by atoms with Crippen LogP contribution in [0.5, 0.6) is 0 Å². The van der Waals surface area contributed by atoms with Gasteiger partial charge in [-0.05, 0) is 12.8 Å². The summed E-state index contributed by atoms with van der Waals surface area (Å²) in [6.45, 7) is 7.36. The van der Waals surface area contributed by atoms with E-state index in [0.29, 0.717) is 0 Å². The van der Waals surface area contributed by atoms with Crippen LogP contribution >= 0.6 is 0 Å². The summed E-state index contributed by atoms with van der Waals surface area (Å²) in [5.41, 5.74) is 2.89. The van der Waals surface area contributed by atoms with Gasteiger partial charge in [0.2, 0.25) is 0 Å². The largest absolute Gasteiger partial charge is 0.213 e. The molecule has 0 aromatic heterocycles. The molecule has 2 aromatic rings. The SMILES string of the molecule is C=CCCC[c-]1cccc1.C=CCCC[c-]1cccc1.[Ni]. The predicted octanol–water partition coefficient (Wildman–Crippen LogP) is 5.83. The zero-order valence-electron chi connectivity index (χ0n) is 12.7. The predicted molar refractivity (Wildman–Crippen MR) is 90.3 cm³/mol. The van der Waals surface area contributed by atoms with Crippen LogP contribution in [0.15, 0.2) is 73.8 Å². The van der Waals surface area contributed by atoms with Gasteiger partial charge in [-0.1, -0.05) is 37.8 Å². The molecule has 0 saturated carbocycles. The molecule has 0 amide bonds. The van der Waals surface area contributed by atoms with Gasteiger partial charge in [0.15, 0.2) is 0 Å². The van der Waals surface area contributed by atoms with E-state index in [1.54, 1.807) is 0 Å². The van der Waals surface area contributed by atoms with Crippen LogP contribution in [-0.4, -0.2) is 0 Å². The fraction of sp³-hybridized carbons (Fsp3) is 0.300. The van der Waals surface area contributed by atoms with Crippen molar-refractivity contribution in [2.45, 2.75) is 38.5 Å². The van der Waals surface area contributed by atoms with Crippen LogP contribution in [0, 0.1) is 0 Å². The van der Waals surface area contributed by atoms with Crippen LogP contribution in [0.4, 0.5) is 0 Å². The van der Waals surface area contributed by atoms with Crippen molar-refractivity contribution in [2.24, 2.45) is 0 Å². The average molecular weight is 325 g/mol. The number of aryl methyl sites for hydroxylation is 2. The maximum absolute atomic E-state index is 3.68. The minimum Gasteiger partial charge on any atom is -0.213 e. The first kappa shape index (κ1) is 19.7. The Morgan fingerprint density at radius 1 is 0.667 bits per heavy atom. The molecule has 0 saturated heterocycles. The molecule has 0 unspecified atom stereocenters. The number of unbranched alkanes of at least 4 members (excludes halogenated alkanes) is 2. The third-order valence-corrected chi connectivity index (χ3v) is 3.21. The van der Waals surface area contributed by atoms with Crippen molar-refractivity contribution < 1.29 is 16.5 Å². The van der Waals surface area contributed by atoms with Crippen molar-refractivity contribution in [3.05, 3.63) is 85.0 Å². The summed E-state index contributed by atoms with van der Waals surface area (Å²) >= 11 is 0. The first-order chi connectivity index (χ1) is 9.86. The van der Waals surface area contributed by atoms with Gasteiger partial charge >= 0.3 is 0 Å². The summed E-state index contributed by atoms with van der Waals surface area (Å²) in [6, 6.07) is 17.0. The van der Waals surface area contributed by atoms with Crippen molar-refractivity contribution in [2.75, 3.05) is 0 Å². The maximum atomic E-state index is 3.68. The van der Waals surface area contributed by atoms with Gasteiger partial charge < -0.3 is 0 Å². The van der Waals surface area contributed by atoms with E-state index in [-0.39, 0.29) is 16.5 Å². The van der Waals surface area contributed by atoms with Crippen molar-refractivity contribution in [3.8, 4) is 0 Å². The average Bonchev–Trinajstić information content (AvgIpc) is 3.13. The zero-order chi connectivity index (χ0) is 14.5. The van der Waals surface area contributed by atoms with E-state index in [4.69, 9.17) is 0 Å². The molecule has 0 aliphatic rings. The number of hydrogen-bond donors (Lipinski definition) is 0. The first-order valence-electron chi connectivity index (χ1n) is 7.49. The third-order valence-electron chi connectivity index (χ3n) is 3.21. The van der Waals surface area contributed by atoms with Crippen LogP contribution < -0.4 is 0 Å². The Hall–Kier alpha value is -1.33. The Labute approximate surface area is 140 Å². The summed E-state index contributed by atoms with van der Waals surface area (Å²) in [4.78, 5) is 0. The summed E-state index contributed by atoms with van der Waals surface area (Å²) in [7, 11) is 0. The molecule has 0 fully saturated rings. The van der Waals surface area contributed by atoms with Crippen molar-refractivity contribution in [3.63, 3.8) is 0 Å². The van der Waals surface area contributed by atoms with Gasteiger partial charge in [-0.2, -0.15) is 35.4 Å². The molecule has 2 rings (SSSR count). The van der Waals surface area contributed by atoms with E-state index >= 15 is 0 Å². The number of rotatable bonds is 8. The molecular weight excluding hydrogens is 299 g/mol. The van der Waals surface area contributed by atoms with Gasteiger partial charge in [-0.15, -0.1) is 13.2 Å². The molecule has 0 atom stereocenters. The smallest absolute Gasteiger partial charge is 0 e. The maximum Gasteiger partial charge on any atom is 0 e. The fourth-order valence-electron chi connectivity index (χ4n) is 2.06. The molecule has 0 bridgehead atoms. The quantitative estimate of drug-likeness (QED) is 0.248. The number of allylic oxidation sites excluding steroid dienone is 2. The second-order valence-corrected chi connectivity index (χ2v) is 4.95. The molecule has 0 N–H and O–H groups in total. The molecule has 0 heterocycles. The van der Waals surface area contributed by atoms with Crippen LogP contribution in [0.3, 0.4) is 0 Å². The van der Waals surface area contributed by atoms with Crippen LogP contribution in [-0.2, 0) is 29.3 Å². The molecule has 21 heavy (non-hydrogen) atoms. The Morgan fingerprint density at radius 2 is 1.00 bits per heavy atom. The molecular formula is C20H26Ni-2. The second kappa shape index (κ2) is 13.6. The van der Waals surface area contributed by atoms with E-state index in [0.717, 1.165) is 12.8 Å². The monoisotopic (exact) mass is 324 g/mol. The van der Waals surface area contributed by atoms with Crippen LogP contribution in [0.1, 0.15) is 36.8 Å². The van der Waals surface area contributed by atoms with Gasteiger partial charge in [0.05, 0.1) is 0 Å². The van der Waals surface area contributed by atoms with Crippen molar-refractivity contribution >= 4 is 0 Å². The fourth-order valence-corrected chi connectivity index (χ4v) is 2.06. The molecule has 0 aliphatic heterocycles. The molecule has 2 aromatic carbocycles. The van der Waals surface area contributed by atoms with Gasteiger partial charge in [0.1, 0.15) is 0 Å². The standard InChI is InChI=1S/2C10H13.Ni/c2*1-2-3-4-7-10-8-5-6-9-10;/h2*2,5-6,8-9H,1,3-4,7H2;/q2*-1;. The Balaban J connectivity index is 0.000000364. The molecule has 118 valence electrons. The second-order valence-electron chi connectivity index (χ2n) is 4.95. The molecule has 1 heteroatoms. The summed E-state index contributed by atoms with van der Waals surface area (Å²) in [5.74, 6) is 0. The molecule has 0 radical (unpaired) electrons. The van der Waals surface area contributed by atoms with E-state index in [1.165, 1.54) is 36.8 Å². The Kier molecular flexibility index (Phi) is 12.8. The van der Waals surface area contributed by atoms with Gasteiger partial charge in [-0.3, -0.25) is 0 Å². The van der Waals surface area contributed by atoms with Crippen LogP contribution in [0.25, 0.3) is 0 Å². The molecule has 0 nitrogen and oxygen atoms in total. The molecule has 0 spiro atoms. The van der Waals surface area contributed by atoms with Gasteiger partial charge in [-0.25, -0.2) is 24.3 Å². The Morgan fingerprint density at radius 3 is 1.29 bits per heavy atom. The van der Waals surface area contributed by atoms with E-state index < -0.39 is 0 Å². The summed E-state index contributed by atoms with van der Waals surface area (Å²) in [6.07, 6.45) is 11.1. The van der Waals surface area contributed by atoms with E-state index in [2.05, 4.69) is 61.7 Å². The van der Waals surface area contributed by atoms with E-state index in [9.17, 15) is 0 Å². The van der Waals surface area contributed by atoms with Gasteiger partial charge in [0.25, 0.3) is 0 Å². The topological polar surface area (TPSA) is 0 Å². The minimum absolute atomic E-state index is 0. The van der Waals surface area contributed by atoms with Gasteiger partial charge in [0, 0.05) is 16.5 Å². The Bertz CT molecular complexity index is 390. The first-order valence-corrected chi connectivity index (χ1v) is 7.49. The minimum atomic E-state index is 0. The normalized spacial score (nSPS) is 9.14. The summed E-state index contributed by atoms with van der Waals surface area (Å²) in [5, 5.41) is 0.